The van der Waals surface area contributed by atoms with Crippen LogP contribution in [0.3, 0.4) is 0 Å². The van der Waals surface area contributed by atoms with Gasteiger partial charge < -0.3 is 19.0 Å². The first kappa shape index (κ1) is 6.56. The number of ether oxygens (including phenoxy) is 3. The van der Waals surface area contributed by atoms with Gasteiger partial charge in [0.1, 0.15) is 0 Å². The molecule has 0 bridgehead atoms. The van der Waals surface area contributed by atoms with E-state index in [1.165, 1.54) is 0 Å². The molecule has 0 aromatic heterocycles. The number of carbonyl (C=O) groups is 3. The molecule has 0 aromatic carbocycles. The van der Waals surface area contributed by atoms with Crippen LogP contribution in [0.1, 0.15) is 28.8 Å². The molecule has 3 aliphatic rings. The average Bonchev–Trinajstić information content (AvgIpc) is 3.02. The third-order valence-electron chi connectivity index (χ3n) is 2.66. The van der Waals surface area contributed by atoms with Gasteiger partial charge in [0, 0.05) is 22.6 Å². The van der Waals surface area contributed by atoms with E-state index in [0.717, 1.165) is 0 Å². The van der Waals surface area contributed by atoms with Crippen LogP contribution in [0.2, 0.25) is 0 Å². The normalized spacial score (nSPS) is 51.1. The lowest BCUT2D eigenvalue weighted by Crippen LogP contribution is -2.33. The third-order valence-corrected chi connectivity index (χ3v) is 2.66. The molecule has 0 saturated carbocycles. The van der Waals surface area contributed by atoms with Gasteiger partial charge in [0.25, 0.3) is 6.29 Å². The van der Waals surface area contributed by atoms with Gasteiger partial charge in [-0.25, -0.2) is 9.59 Å². The Bertz CT molecular complexity index is 671. The van der Waals surface area contributed by atoms with Crippen LogP contribution in [0.25, 0.3) is 0 Å². The summed E-state index contributed by atoms with van der Waals surface area (Å²) in [5.74, 6) is -2.62. The molecular formula is C11H13NO7. The van der Waals surface area contributed by atoms with Crippen molar-refractivity contribution in [3.05, 3.63) is 0 Å². The number of hydroxylamine groups is 2. The van der Waals surface area contributed by atoms with E-state index in [4.69, 9.17) is 19.1 Å². The molecular weight excluding hydrogens is 258 g/mol. The van der Waals surface area contributed by atoms with E-state index in [1.807, 2.05) is 0 Å². The molecule has 0 N–H and O–H groups in total. The number of fused-ring (bicyclic) bond motifs is 1. The van der Waals surface area contributed by atoms with Gasteiger partial charge in [-0.1, -0.05) is 0 Å². The summed E-state index contributed by atoms with van der Waals surface area (Å²) in [5.41, 5.74) is 0. The van der Waals surface area contributed by atoms with Crippen molar-refractivity contribution in [1.82, 2.24) is 5.06 Å². The second-order valence-corrected chi connectivity index (χ2v) is 3.87. The Kier molecular flexibility index (Phi) is 1.62. The summed E-state index contributed by atoms with van der Waals surface area (Å²) >= 11 is 0. The van der Waals surface area contributed by atoms with Gasteiger partial charge in [-0.2, -0.15) is 0 Å². The fourth-order valence-electron chi connectivity index (χ4n) is 1.87. The van der Waals surface area contributed by atoms with E-state index in [0.29, 0.717) is 0 Å². The largest absolute Gasteiger partial charge is 0.528 e. The van der Waals surface area contributed by atoms with Gasteiger partial charge in [0.15, 0.2) is 0 Å². The minimum absolute atomic E-state index is 0.242. The van der Waals surface area contributed by atoms with Crippen molar-refractivity contribution in [2.75, 3.05) is 13.0 Å². The van der Waals surface area contributed by atoms with Crippen LogP contribution in [0, 0.1) is 5.92 Å². The highest BCUT2D eigenvalue weighted by atomic mass is 16.8. The quantitative estimate of drug-likeness (QED) is 0.650. The predicted octanol–water partition coefficient (Wildman–Crippen LogP) is -0.0350. The van der Waals surface area contributed by atoms with Gasteiger partial charge in [0.05, 0.1) is 12.3 Å². The highest BCUT2D eigenvalue weighted by molar-refractivity contribution is 5.83. The summed E-state index contributed by atoms with van der Waals surface area (Å²) in [6.07, 6.45) is -10.0. The highest BCUT2D eigenvalue weighted by Crippen LogP contribution is 2.34. The van der Waals surface area contributed by atoms with E-state index < -0.39 is 62.2 Å². The smallest absolute Gasteiger partial charge is 0.425 e. The maximum atomic E-state index is 11.9. The first-order chi connectivity index (χ1) is 11.8. The molecule has 8 nitrogen and oxygen atoms in total. The monoisotopic (exact) mass is 278 g/mol. The molecule has 0 amide bonds. The Hall–Kier alpha value is -1.83. The molecule has 19 heavy (non-hydrogen) atoms. The summed E-state index contributed by atoms with van der Waals surface area (Å²) in [4.78, 5) is 39.3. The lowest BCUT2D eigenvalue weighted by molar-refractivity contribution is -0.172. The Labute approximate surface area is 118 Å². The lowest BCUT2D eigenvalue weighted by atomic mass is 10.0. The minimum atomic E-state index is -3.19. The van der Waals surface area contributed by atoms with Crippen molar-refractivity contribution in [2.24, 2.45) is 5.92 Å². The fourth-order valence-corrected chi connectivity index (χ4v) is 1.87. The van der Waals surface area contributed by atoms with Crippen molar-refractivity contribution < 1.29 is 43.0 Å². The van der Waals surface area contributed by atoms with E-state index in [1.54, 1.807) is 0 Å². The molecule has 104 valence electrons. The predicted molar refractivity (Wildman–Crippen MR) is 56.2 cm³/mol. The van der Waals surface area contributed by atoms with E-state index in [9.17, 15) is 14.4 Å². The summed E-state index contributed by atoms with van der Waals surface area (Å²) in [7, 11) is 0. The molecule has 8 heteroatoms. The molecule has 3 rings (SSSR count). The van der Waals surface area contributed by atoms with E-state index in [2.05, 4.69) is 9.57 Å². The molecule has 3 heterocycles. The summed E-state index contributed by atoms with van der Waals surface area (Å²) in [6, 6.07) is 0. The maximum absolute atomic E-state index is 11.9. The Morgan fingerprint density at radius 2 is 2.21 bits per heavy atom. The molecule has 3 aliphatic heterocycles. The van der Waals surface area contributed by atoms with Crippen LogP contribution in [0.5, 0.6) is 0 Å². The molecule has 0 aliphatic carbocycles. The lowest BCUT2D eigenvalue weighted by Gasteiger charge is -2.16. The minimum Gasteiger partial charge on any atom is -0.425 e. The molecule has 4 atom stereocenters. The zero-order valence-electron chi connectivity index (χ0n) is 16.3. The molecule has 4 unspecified atom stereocenters. The number of nitrogens with zero attached hydrogens (tertiary/aromatic N) is 1. The zero-order chi connectivity index (χ0) is 19.7. The second-order valence-electron chi connectivity index (χ2n) is 3.87. The Morgan fingerprint density at radius 3 is 2.95 bits per heavy atom. The van der Waals surface area contributed by atoms with Gasteiger partial charge >= 0.3 is 18.1 Å². The Balaban J connectivity index is 1.74. The molecule has 0 spiro atoms. The van der Waals surface area contributed by atoms with Gasteiger partial charge in [-0.05, 0) is 12.8 Å². The van der Waals surface area contributed by atoms with Crippen molar-refractivity contribution in [3.63, 3.8) is 0 Å². The van der Waals surface area contributed by atoms with Crippen molar-refractivity contribution >= 4 is 18.1 Å². The fraction of sp³-hybridized carbons (Fsp3) is 0.727. The summed E-state index contributed by atoms with van der Waals surface area (Å²) in [6.45, 7) is -6.20. The standard InChI is InChI=1S/C11H13NO7/c13-7-5-6-8(9(14)18-10(6)16-7)17-11(15)19-12-3-1-2-4-12/h6,8,10H,1-5H2/i1D,2D2,3D2,4D2. The molecule has 3 fully saturated rings. The zero-order valence-corrected chi connectivity index (χ0v) is 9.32. The molecule has 0 radical (unpaired) electrons. The molecule has 3 saturated heterocycles. The van der Waals surface area contributed by atoms with Crippen LogP contribution in [0.15, 0.2) is 0 Å². The van der Waals surface area contributed by atoms with Crippen molar-refractivity contribution in [3.8, 4) is 0 Å². The first-order valence-corrected chi connectivity index (χ1v) is 5.31. The van der Waals surface area contributed by atoms with Gasteiger partial charge in [0.2, 0.25) is 6.10 Å². The second kappa shape index (κ2) is 4.69. The van der Waals surface area contributed by atoms with E-state index >= 15 is 0 Å². The van der Waals surface area contributed by atoms with Crippen molar-refractivity contribution in [1.29, 1.82) is 0 Å². The highest BCUT2D eigenvalue weighted by Gasteiger charge is 2.54. The number of hydrogen-bond acceptors (Lipinski definition) is 8. The maximum Gasteiger partial charge on any atom is 0.528 e. The van der Waals surface area contributed by atoms with Gasteiger partial charge in [-0.15, -0.1) is 5.06 Å². The number of rotatable bonds is 2. The first-order valence-electron chi connectivity index (χ1n) is 8.89. The summed E-state index contributed by atoms with van der Waals surface area (Å²) in [5, 5.41) is -0.242. The van der Waals surface area contributed by atoms with Crippen LogP contribution in [-0.2, 0) is 28.6 Å². The topological polar surface area (TPSA) is 91.4 Å². The van der Waals surface area contributed by atoms with Crippen LogP contribution < -0.4 is 0 Å². The van der Waals surface area contributed by atoms with Crippen LogP contribution in [0.4, 0.5) is 4.79 Å². The number of carbonyl (C=O) groups excluding carboxylic acids is 3. The van der Waals surface area contributed by atoms with E-state index in [-0.39, 0.29) is 11.5 Å². The third kappa shape index (κ3) is 2.35. The van der Waals surface area contributed by atoms with Gasteiger partial charge in [-0.3, -0.25) is 4.79 Å². The SMILES string of the molecule is [2H]C1C([2H])([2H])N(OC(=O)OC2C(=O)OC3OC(=O)CC32)C([2H])([2H])C1([2H])[2H]. The molecule has 0 aromatic rings. The van der Waals surface area contributed by atoms with Crippen molar-refractivity contribution in [2.45, 2.75) is 31.6 Å². The summed E-state index contributed by atoms with van der Waals surface area (Å²) < 4.78 is 67.4. The number of esters is 2. The van der Waals surface area contributed by atoms with Crippen LogP contribution in [-0.4, -0.2) is 48.5 Å². The number of hydrogen-bond donors (Lipinski definition) is 0. The Morgan fingerprint density at radius 1 is 1.37 bits per heavy atom. The van der Waals surface area contributed by atoms with Crippen LogP contribution >= 0.6 is 0 Å². The average molecular weight is 278 g/mol.